The summed E-state index contributed by atoms with van der Waals surface area (Å²) >= 11 is 3.42. The average Bonchev–Trinajstić information content (AvgIpc) is 3.55. The van der Waals surface area contributed by atoms with Crippen LogP contribution < -0.4 is 0 Å². The van der Waals surface area contributed by atoms with Gasteiger partial charge in [0, 0.05) is 22.9 Å². The maximum absolute atomic E-state index is 5.45. The minimum absolute atomic E-state index is 0.483. The van der Waals surface area contributed by atoms with Gasteiger partial charge in [-0.25, -0.2) is 0 Å². The Morgan fingerprint density at radius 3 is 2.70 bits per heavy atom. The van der Waals surface area contributed by atoms with Crippen LogP contribution in [0, 0.1) is 0 Å². The van der Waals surface area contributed by atoms with Crippen LogP contribution in [-0.2, 0) is 12.2 Å². The zero-order valence-corrected chi connectivity index (χ0v) is 18.2. The van der Waals surface area contributed by atoms with Crippen LogP contribution in [-0.4, -0.2) is 24.9 Å². The summed E-state index contributed by atoms with van der Waals surface area (Å²) < 4.78 is 7.82. The lowest BCUT2D eigenvalue weighted by Gasteiger charge is -2.25. The Bertz CT molecular complexity index is 1070. The molecule has 0 amide bonds. The molecule has 0 bridgehead atoms. The predicted molar refractivity (Wildman–Crippen MR) is 119 cm³/mol. The van der Waals surface area contributed by atoms with Gasteiger partial charge in [0.05, 0.1) is 5.75 Å². The Morgan fingerprint density at radius 1 is 1.03 bits per heavy atom. The molecule has 1 aliphatic carbocycles. The summed E-state index contributed by atoms with van der Waals surface area (Å²) in [7, 11) is 0. The first-order chi connectivity index (χ1) is 14.9. The van der Waals surface area contributed by atoms with Crippen molar-refractivity contribution >= 4 is 23.1 Å². The molecule has 1 fully saturated rings. The van der Waals surface area contributed by atoms with E-state index in [2.05, 4.69) is 42.4 Å². The average molecular weight is 438 g/mol. The van der Waals surface area contributed by atoms with Gasteiger partial charge in [-0.05, 0) is 36.4 Å². The maximum atomic E-state index is 5.45. The minimum atomic E-state index is 0.483. The summed E-state index contributed by atoms with van der Waals surface area (Å²) in [5, 5.41) is 16.3. The van der Waals surface area contributed by atoms with Gasteiger partial charge < -0.3 is 9.09 Å². The molecule has 0 N–H and O–H groups in total. The van der Waals surface area contributed by atoms with Crippen molar-refractivity contribution in [3.63, 3.8) is 0 Å². The highest BCUT2D eigenvalue weighted by Gasteiger charge is 2.23. The van der Waals surface area contributed by atoms with E-state index in [0.717, 1.165) is 23.0 Å². The fourth-order valence-corrected chi connectivity index (χ4v) is 5.51. The van der Waals surface area contributed by atoms with Crippen LogP contribution in [0.15, 0.2) is 57.5 Å². The number of rotatable bonds is 7. The van der Waals surface area contributed by atoms with Crippen LogP contribution in [0.5, 0.6) is 0 Å². The Hall–Kier alpha value is -2.45. The van der Waals surface area contributed by atoms with Crippen molar-refractivity contribution in [1.29, 1.82) is 0 Å². The second kappa shape index (κ2) is 9.14. The smallest absolute Gasteiger partial charge is 0.257 e. The fourth-order valence-electron chi connectivity index (χ4n) is 3.94. The molecule has 0 radical (unpaired) electrons. The van der Waals surface area contributed by atoms with Gasteiger partial charge in [-0.1, -0.05) is 60.4 Å². The van der Waals surface area contributed by atoms with Gasteiger partial charge in [0.25, 0.3) is 5.89 Å². The number of hydrogen-bond acceptors (Lipinski definition) is 7. The lowest BCUT2D eigenvalue weighted by atomic mass is 9.95. The molecule has 0 atom stereocenters. The first-order valence-corrected chi connectivity index (χ1v) is 12.2. The molecule has 0 saturated heterocycles. The third-order valence-electron chi connectivity index (χ3n) is 5.41. The molecule has 30 heavy (non-hydrogen) atoms. The normalized spacial score (nSPS) is 14.9. The van der Waals surface area contributed by atoms with Crippen molar-refractivity contribution in [2.45, 2.75) is 55.5 Å². The summed E-state index contributed by atoms with van der Waals surface area (Å²) in [6.07, 6.45) is 7.11. The van der Waals surface area contributed by atoms with Gasteiger partial charge >= 0.3 is 0 Å². The fraction of sp³-hybridized carbons (Fsp3) is 0.364. The lowest BCUT2D eigenvalue weighted by Crippen LogP contribution is -2.16. The van der Waals surface area contributed by atoms with E-state index in [1.165, 1.54) is 37.0 Å². The molecule has 0 aliphatic heterocycles. The third kappa shape index (κ3) is 4.34. The SMILES string of the molecule is c1ccc(-c2nc(CSc3nnc(Cc4cccs4)n3C3CCCCC3)no2)cc1. The maximum Gasteiger partial charge on any atom is 0.257 e. The molecule has 3 aromatic heterocycles. The van der Waals surface area contributed by atoms with E-state index < -0.39 is 0 Å². The van der Waals surface area contributed by atoms with Crippen molar-refractivity contribution in [3.05, 3.63) is 64.4 Å². The molecule has 0 spiro atoms. The zero-order chi connectivity index (χ0) is 20.2. The van der Waals surface area contributed by atoms with Crippen LogP contribution in [0.4, 0.5) is 0 Å². The molecule has 3 heterocycles. The number of hydrogen-bond donors (Lipinski definition) is 0. The van der Waals surface area contributed by atoms with E-state index in [9.17, 15) is 0 Å². The van der Waals surface area contributed by atoms with Crippen molar-refractivity contribution in [1.82, 2.24) is 24.9 Å². The molecular formula is C22H23N5OS2. The Labute approximate surface area is 183 Å². The van der Waals surface area contributed by atoms with Crippen molar-refractivity contribution in [3.8, 4) is 11.5 Å². The highest BCUT2D eigenvalue weighted by molar-refractivity contribution is 7.98. The number of thioether (sulfide) groups is 1. The summed E-state index contributed by atoms with van der Waals surface area (Å²) in [4.78, 5) is 5.87. The number of aromatic nitrogens is 5. The molecule has 5 rings (SSSR count). The van der Waals surface area contributed by atoms with Gasteiger partial charge in [0.15, 0.2) is 11.0 Å². The number of thiophene rings is 1. The van der Waals surface area contributed by atoms with E-state index in [1.807, 2.05) is 30.3 Å². The second-order valence-electron chi connectivity index (χ2n) is 7.49. The van der Waals surface area contributed by atoms with Gasteiger partial charge in [0.1, 0.15) is 5.82 Å². The molecule has 4 aromatic rings. The van der Waals surface area contributed by atoms with E-state index in [-0.39, 0.29) is 0 Å². The molecule has 154 valence electrons. The molecule has 0 unspecified atom stereocenters. The molecular weight excluding hydrogens is 414 g/mol. The Kier molecular flexibility index (Phi) is 5.94. The van der Waals surface area contributed by atoms with Gasteiger partial charge in [-0.15, -0.1) is 21.5 Å². The van der Waals surface area contributed by atoms with Crippen LogP contribution in [0.3, 0.4) is 0 Å². The van der Waals surface area contributed by atoms with E-state index >= 15 is 0 Å². The van der Waals surface area contributed by atoms with E-state index in [4.69, 9.17) is 4.52 Å². The zero-order valence-electron chi connectivity index (χ0n) is 16.6. The first-order valence-electron chi connectivity index (χ1n) is 10.3. The highest BCUT2D eigenvalue weighted by atomic mass is 32.2. The largest absolute Gasteiger partial charge is 0.334 e. The summed E-state index contributed by atoms with van der Waals surface area (Å²) in [5.74, 6) is 2.90. The van der Waals surface area contributed by atoms with E-state index in [0.29, 0.717) is 23.5 Å². The topological polar surface area (TPSA) is 69.6 Å². The standard InChI is InChI=1S/C22H23N5OS2/c1-3-8-16(9-4-1)21-23-19(26-28-21)15-30-22-25-24-20(14-18-12-7-13-29-18)27(22)17-10-5-2-6-11-17/h1,3-4,7-9,12-13,17H,2,5-6,10-11,14-15H2. The molecule has 1 aromatic carbocycles. The molecule has 1 aliphatic rings. The van der Waals surface area contributed by atoms with Gasteiger partial charge in [-0.2, -0.15) is 4.98 Å². The monoisotopic (exact) mass is 437 g/mol. The summed E-state index contributed by atoms with van der Waals surface area (Å²) in [6, 6.07) is 14.6. The van der Waals surface area contributed by atoms with Crippen LogP contribution in [0.1, 0.15) is 54.7 Å². The van der Waals surface area contributed by atoms with Gasteiger partial charge in [-0.3, -0.25) is 0 Å². The van der Waals surface area contributed by atoms with Crippen LogP contribution in [0.2, 0.25) is 0 Å². The van der Waals surface area contributed by atoms with Crippen LogP contribution in [0.25, 0.3) is 11.5 Å². The van der Waals surface area contributed by atoms with Crippen molar-refractivity contribution in [2.75, 3.05) is 0 Å². The predicted octanol–water partition coefficient (Wildman–Crippen LogP) is 5.78. The lowest BCUT2D eigenvalue weighted by molar-refractivity contribution is 0.330. The molecule has 8 heteroatoms. The quantitative estimate of drug-likeness (QED) is 0.341. The van der Waals surface area contributed by atoms with E-state index in [1.54, 1.807) is 23.1 Å². The summed E-state index contributed by atoms with van der Waals surface area (Å²) in [5.41, 5.74) is 0.935. The van der Waals surface area contributed by atoms with Crippen molar-refractivity contribution in [2.24, 2.45) is 0 Å². The van der Waals surface area contributed by atoms with Crippen LogP contribution >= 0.6 is 23.1 Å². The second-order valence-corrected chi connectivity index (χ2v) is 9.46. The Morgan fingerprint density at radius 2 is 1.90 bits per heavy atom. The highest BCUT2D eigenvalue weighted by Crippen LogP contribution is 2.34. The minimum Gasteiger partial charge on any atom is -0.334 e. The van der Waals surface area contributed by atoms with Crippen molar-refractivity contribution < 1.29 is 4.52 Å². The van der Waals surface area contributed by atoms with Gasteiger partial charge in [0.2, 0.25) is 0 Å². The molecule has 6 nitrogen and oxygen atoms in total. The third-order valence-corrected chi connectivity index (χ3v) is 7.22. The molecule has 1 saturated carbocycles. The number of nitrogens with zero attached hydrogens (tertiary/aromatic N) is 5. The Balaban J connectivity index is 1.35. The summed E-state index contributed by atoms with van der Waals surface area (Å²) in [6.45, 7) is 0. The number of benzene rings is 1. The first kappa shape index (κ1) is 19.5.